The van der Waals surface area contributed by atoms with Crippen molar-refractivity contribution in [3.8, 4) is 0 Å². The van der Waals surface area contributed by atoms with Crippen LogP contribution in [0.25, 0.3) is 0 Å². The van der Waals surface area contributed by atoms with Gasteiger partial charge in [-0.3, -0.25) is 10.1 Å². The molecule has 0 rings (SSSR count). The second-order valence-corrected chi connectivity index (χ2v) is 2.13. The molecule has 4 heteroatoms. The van der Waals surface area contributed by atoms with E-state index in [9.17, 15) is 4.79 Å². The minimum atomic E-state index is -0.141. The first kappa shape index (κ1) is 9.55. The van der Waals surface area contributed by atoms with Crippen LogP contribution in [0.2, 0.25) is 0 Å². The van der Waals surface area contributed by atoms with Crippen LogP contribution >= 0.6 is 0 Å². The highest BCUT2D eigenvalue weighted by atomic mass is 16.1. The van der Waals surface area contributed by atoms with E-state index in [0.29, 0.717) is 6.67 Å². The first-order valence-corrected chi connectivity index (χ1v) is 3.33. The average Bonchev–Trinajstić information content (AvgIpc) is 1.98. The molecule has 0 aromatic heterocycles. The molecule has 0 aliphatic rings. The molecule has 0 saturated heterocycles. The predicted octanol–water partition coefficient (Wildman–Crippen LogP) is -1.33. The quantitative estimate of drug-likeness (QED) is 0.419. The van der Waals surface area contributed by atoms with Crippen molar-refractivity contribution in [2.75, 3.05) is 20.3 Å². The van der Waals surface area contributed by atoms with E-state index in [2.05, 4.69) is 10.6 Å². The minimum Gasteiger partial charge on any atom is -0.324 e. The number of ketones is 1. The van der Waals surface area contributed by atoms with Gasteiger partial charge in [-0.1, -0.05) is 0 Å². The average molecular weight is 145 g/mol. The van der Waals surface area contributed by atoms with Gasteiger partial charge in [0.05, 0.1) is 12.6 Å². The number of Topliss-reactive ketones (excluding diaryl/α,β-unsaturated/α-hetero) is 1. The highest BCUT2D eigenvalue weighted by Gasteiger charge is 2.07. The number of carbonyl (C=O) groups is 1. The zero-order valence-corrected chi connectivity index (χ0v) is 6.48. The molecule has 1 atom stereocenters. The van der Waals surface area contributed by atoms with Crippen LogP contribution in [0, 0.1) is 0 Å². The summed E-state index contributed by atoms with van der Waals surface area (Å²) in [5, 5.41) is 5.82. The zero-order valence-electron chi connectivity index (χ0n) is 6.48. The summed E-state index contributed by atoms with van der Waals surface area (Å²) in [5.74, 6) is 0.0373. The summed E-state index contributed by atoms with van der Waals surface area (Å²) in [7, 11) is 1.81. The van der Waals surface area contributed by atoms with Crippen LogP contribution < -0.4 is 16.4 Å². The third-order valence-electron chi connectivity index (χ3n) is 1.27. The van der Waals surface area contributed by atoms with Crippen LogP contribution in [0.3, 0.4) is 0 Å². The second-order valence-electron chi connectivity index (χ2n) is 2.13. The van der Waals surface area contributed by atoms with E-state index in [-0.39, 0.29) is 18.4 Å². The predicted molar refractivity (Wildman–Crippen MR) is 40.6 cm³/mol. The fourth-order valence-corrected chi connectivity index (χ4v) is 0.546. The van der Waals surface area contributed by atoms with E-state index in [1.807, 2.05) is 7.05 Å². The van der Waals surface area contributed by atoms with Crippen LogP contribution in [0.5, 0.6) is 0 Å². The number of carbonyl (C=O) groups excluding carboxylic acids is 1. The second kappa shape index (κ2) is 5.34. The highest BCUT2D eigenvalue weighted by Crippen LogP contribution is 1.79. The lowest BCUT2D eigenvalue weighted by molar-refractivity contribution is -0.119. The van der Waals surface area contributed by atoms with E-state index in [0.717, 1.165) is 0 Å². The minimum absolute atomic E-state index is 0.0373. The summed E-state index contributed by atoms with van der Waals surface area (Å²) in [6.45, 7) is 2.54. The van der Waals surface area contributed by atoms with Gasteiger partial charge in [0.15, 0.2) is 5.78 Å². The van der Waals surface area contributed by atoms with Crippen LogP contribution in [0.15, 0.2) is 0 Å². The summed E-state index contributed by atoms with van der Waals surface area (Å²) < 4.78 is 0. The molecular weight excluding hydrogens is 130 g/mol. The lowest BCUT2D eigenvalue weighted by Crippen LogP contribution is -2.41. The number of nitrogens with two attached hydrogens (primary N) is 1. The maximum Gasteiger partial charge on any atom is 0.162 e. The molecule has 0 saturated carbocycles. The van der Waals surface area contributed by atoms with Gasteiger partial charge < -0.3 is 11.1 Å². The van der Waals surface area contributed by atoms with E-state index in [4.69, 9.17) is 5.73 Å². The van der Waals surface area contributed by atoms with Gasteiger partial charge >= 0.3 is 0 Å². The molecular formula is C6H15N3O. The molecule has 0 bridgehead atoms. The Bertz CT molecular complexity index is 105. The lowest BCUT2D eigenvalue weighted by atomic mass is 10.2. The van der Waals surface area contributed by atoms with Gasteiger partial charge in [0.2, 0.25) is 0 Å². The fourth-order valence-electron chi connectivity index (χ4n) is 0.546. The monoisotopic (exact) mass is 145 g/mol. The van der Waals surface area contributed by atoms with E-state index >= 15 is 0 Å². The van der Waals surface area contributed by atoms with Gasteiger partial charge in [-0.25, -0.2) is 0 Å². The van der Waals surface area contributed by atoms with Crippen molar-refractivity contribution in [1.82, 2.24) is 10.6 Å². The molecule has 0 amide bonds. The number of nitrogens with one attached hydrogen (secondary N) is 2. The molecule has 0 aliphatic carbocycles. The lowest BCUT2D eigenvalue weighted by Gasteiger charge is -2.09. The Morgan fingerprint density at radius 3 is 2.70 bits per heavy atom. The smallest absolute Gasteiger partial charge is 0.162 e. The summed E-state index contributed by atoms with van der Waals surface area (Å²) in [6, 6.07) is -0.141. The Morgan fingerprint density at radius 2 is 2.30 bits per heavy atom. The van der Waals surface area contributed by atoms with E-state index < -0.39 is 0 Å². The van der Waals surface area contributed by atoms with Gasteiger partial charge in [0.1, 0.15) is 0 Å². The SMILES string of the molecule is CNCN[C@@H](C)C(=O)CN. The Morgan fingerprint density at radius 1 is 1.70 bits per heavy atom. The molecule has 10 heavy (non-hydrogen) atoms. The van der Waals surface area contributed by atoms with Gasteiger partial charge in [0.25, 0.3) is 0 Å². The van der Waals surface area contributed by atoms with Gasteiger partial charge in [0, 0.05) is 6.67 Å². The van der Waals surface area contributed by atoms with Crippen LogP contribution in [-0.2, 0) is 4.79 Å². The molecule has 0 radical (unpaired) electrons. The third kappa shape index (κ3) is 3.55. The van der Waals surface area contributed by atoms with E-state index in [1.54, 1.807) is 6.92 Å². The summed E-state index contributed by atoms with van der Waals surface area (Å²) in [6.07, 6.45) is 0. The number of hydrogen-bond acceptors (Lipinski definition) is 4. The standard InChI is InChI=1S/C6H15N3O/c1-5(6(10)3-7)9-4-8-2/h5,8-9H,3-4,7H2,1-2H3/t5-/m0/s1. The zero-order chi connectivity index (χ0) is 7.98. The molecule has 4 nitrogen and oxygen atoms in total. The third-order valence-corrected chi connectivity index (χ3v) is 1.27. The number of hydrogen-bond donors (Lipinski definition) is 3. The maximum atomic E-state index is 10.8. The molecule has 0 fully saturated rings. The Labute approximate surface area is 61.2 Å². The van der Waals surface area contributed by atoms with Crippen molar-refractivity contribution >= 4 is 5.78 Å². The van der Waals surface area contributed by atoms with Crippen LogP contribution in [0.4, 0.5) is 0 Å². The van der Waals surface area contributed by atoms with Crippen molar-refractivity contribution in [1.29, 1.82) is 0 Å². The van der Waals surface area contributed by atoms with Crippen LogP contribution in [-0.4, -0.2) is 32.1 Å². The molecule has 4 N–H and O–H groups in total. The van der Waals surface area contributed by atoms with Crippen molar-refractivity contribution < 1.29 is 4.79 Å². The Kier molecular flexibility index (Phi) is 5.10. The molecule has 0 aromatic carbocycles. The summed E-state index contributed by atoms with van der Waals surface area (Å²) >= 11 is 0. The van der Waals surface area contributed by atoms with Gasteiger partial charge in [-0.2, -0.15) is 0 Å². The molecule has 0 spiro atoms. The van der Waals surface area contributed by atoms with Crippen molar-refractivity contribution in [3.63, 3.8) is 0 Å². The largest absolute Gasteiger partial charge is 0.324 e. The van der Waals surface area contributed by atoms with Crippen molar-refractivity contribution in [2.45, 2.75) is 13.0 Å². The van der Waals surface area contributed by atoms with E-state index in [1.165, 1.54) is 0 Å². The van der Waals surface area contributed by atoms with Gasteiger partial charge in [-0.05, 0) is 14.0 Å². The summed E-state index contributed by atoms with van der Waals surface area (Å²) in [4.78, 5) is 10.8. The Balaban J connectivity index is 3.41. The molecule has 0 aliphatic heterocycles. The number of rotatable bonds is 5. The van der Waals surface area contributed by atoms with Crippen molar-refractivity contribution in [2.24, 2.45) is 5.73 Å². The fraction of sp³-hybridized carbons (Fsp3) is 0.833. The molecule has 0 aromatic rings. The van der Waals surface area contributed by atoms with Crippen molar-refractivity contribution in [3.05, 3.63) is 0 Å². The highest BCUT2D eigenvalue weighted by molar-refractivity contribution is 5.85. The molecule has 60 valence electrons. The maximum absolute atomic E-state index is 10.8. The molecule has 0 unspecified atom stereocenters. The molecule has 0 heterocycles. The first-order chi connectivity index (χ1) is 4.72. The van der Waals surface area contributed by atoms with Crippen LogP contribution in [0.1, 0.15) is 6.92 Å². The first-order valence-electron chi connectivity index (χ1n) is 3.33. The Hall–Kier alpha value is -0.450. The summed E-state index contributed by atoms with van der Waals surface area (Å²) in [5.41, 5.74) is 5.13. The topological polar surface area (TPSA) is 67.1 Å². The van der Waals surface area contributed by atoms with Gasteiger partial charge in [-0.15, -0.1) is 0 Å². The normalized spacial score (nSPS) is 13.1.